The number of sulfonamides is 1. The van der Waals surface area contributed by atoms with Crippen molar-refractivity contribution < 1.29 is 23.2 Å². The molecule has 0 aliphatic carbocycles. The highest BCUT2D eigenvalue weighted by Crippen LogP contribution is 2.27. The van der Waals surface area contributed by atoms with Crippen LogP contribution in [-0.2, 0) is 21.4 Å². The molecule has 0 unspecified atom stereocenters. The van der Waals surface area contributed by atoms with Crippen molar-refractivity contribution in [2.24, 2.45) is 0 Å². The standard InChI is InChI=1S/C20H24N2O5S/c1-14-10-15(2)12-16(11-14)13-27-17-5-7-18(8-6-17)28(25,26)22-9-3-4-19(22)20(23)21-24/h5-8,10-12,19,24H,3-4,9,13H2,1-2H3,(H,21,23)/t19-/m1/s1. The van der Waals surface area contributed by atoms with Crippen molar-refractivity contribution in [3.05, 3.63) is 59.2 Å². The Morgan fingerprint density at radius 1 is 1.18 bits per heavy atom. The van der Waals surface area contributed by atoms with Gasteiger partial charge in [0, 0.05) is 6.54 Å². The third kappa shape index (κ3) is 4.35. The minimum atomic E-state index is -3.83. The molecular weight excluding hydrogens is 380 g/mol. The second kappa shape index (κ2) is 8.30. The molecule has 0 spiro atoms. The van der Waals surface area contributed by atoms with Crippen molar-refractivity contribution in [1.29, 1.82) is 0 Å². The summed E-state index contributed by atoms with van der Waals surface area (Å²) in [7, 11) is -3.83. The van der Waals surface area contributed by atoms with Crippen LogP contribution in [0.4, 0.5) is 0 Å². The Hall–Kier alpha value is -2.42. The van der Waals surface area contributed by atoms with Gasteiger partial charge in [-0.05, 0) is 56.5 Å². The summed E-state index contributed by atoms with van der Waals surface area (Å²) in [6.07, 6.45) is 0.942. The zero-order chi connectivity index (χ0) is 20.3. The van der Waals surface area contributed by atoms with Crippen molar-refractivity contribution in [2.45, 2.75) is 44.2 Å². The van der Waals surface area contributed by atoms with Crippen LogP contribution in [0.15, 0.2) is 47.4 Å². The van der Waals surface area contributed by atoms with E-state index in [4.69, 9.17) is 9.94 Å². The number of carbonyl (C=O) groups excluding carboxylic acids is 1. The summed E-state index contributed by atoms with van der Waals surface area (Å²) in [5.41, 5.74) is 4.91. The van der Waals surface area contributed by atoms with Crippen molar-refractivity contribution in [3.8, 4) is 5.75 Å². The minimum Gasteiger partial charge on any atom is -0.489 e. The van der Waals surface area contributed by atoms with E-state index in [1.54, 1.807) is 17.6 Å². The third-order valence-corrected chi connectivity index (χ3v) is 6.66. The van der Waals surface area contributed by atoms with E-state index >= 15 is 0 Å². The molecule has 0 aromatic heterocycles. The minimum absolute atomic E-state index is 0.0869. The Balaban J connectivity index is 1.72. The fourth-order valence-corrected chi connectivity index (χ4v) is 5.18. The molecule has 1 atom stereocenters. The zero-order valence-corrected chi connectivity index (χ0v) is 16.7. The first-order chi connectivity index (χ1) is 13.3. The maximum atomic E-state index is 12.9. The van der Waals surface area contributed by atoms with Crippen LogP contribution >= 0.6 is 0 Å². The van der Waals surface area contributed by atoms with Crippen LogP contribution in [0.3, 0.4) is 0 Å². The molecule has 3 rings (SSSR count). The number of hydrogen-bond acceptors (Lipinski definition) is 5. The van der Waals surface area contributed by atoms with Gasteiger partial charge in [0.15, 0.2) is 0 Å². The zero-order valence-electron chi connectivity index (χ0n) is 15.9. The Kier molecular flexibility index (Phi) is 6.02. The molecule has 2 N–H and O–H groups in total. The van der Waals surface area contributed by atoms with Crippen molar-refractivity contribution in [2.75, 3.05) is 6.54 Å². The average Bonchev–Trinajstić information content (AvgIpc) is 3.16. The molecule has 2 aromatic rings. The summed E-state index contributed by atoms with van der Waals surface area (Å²) in [5, 5.41) is 8.84. The fraction of sp³-hybridized carbons (Fsp3) is 0.350. The molecule has 1 fully saturated rings. The molecule has 0 bridgehead atoms. The largest absolute Gasteiger partial charge is 0.489 e. The van der Waals surface area contributed by atoms with Crippen molar-refractivity contribution >= 4 is 15.9 Å². The second-order valence-electron chi connectivity index (χ2n) is 7.01. The lowest BCUT2D eigenvalue weighted by molar-refractivity contribution is -0.132. The van der Waals surface area contributed by atoms with E-state index in [1.807, 2.05) is 26.0 Å². The van der Waals surface area contributed by atoms with Gasteiger partial charge in [-0.1, -0.05) is 29.3 Å². The molecule has 0 radical (unpaired) electrons. The van der Waals surface area contributed by atoms with Crippen LogP contribution in [0.25, 0.3) is 0 Å². The predicted molar refractivity (Wildman–Crippen MR) is 104 cm³/mol. The number of nitrogens with one attached hydrogen (secondary N) is 1. The van der Waals surface area contributed by atoms with Gasteiger partial charge >= 0.3 is 0 Å². The van der Waals surface area contributed by atoms with Crippen LogP contribution in [0.5, 0.6) is 5.75 Å². The second-order valence-corrected chi connectivity index (χ2v) is 8.90. The molecule has 1 aliphatic heterocycles. The predicted octanol–water partition coefficient (Wildman–Crippen LogP) is 2.54. The Morgan fingerprint density at radius 3 is 2.43 bits per heavy atom. The first-order valence-electron chi connectivity index (χ1n) is 9.07. The van der Waals surface area contributed by atoms with Gasteiger partial charge in [-0.3, -0.25) is 10.0 Å². The van der Waals surface area contributed by atoms with E-state index in [-0.39, 0.29) is 11.4 Å². The number of amides is 1. The number of nitrogens with zero attached hydrogens (tertiary/aromatic N) is 1. The Morgan fingerprint density at radius 2 is 1.82 bits per heavy atom. The van der Waals surface area contributed by atoms with Crippen LogP contribution in [0.1, 0.15) is 29.5 Å². The van der Waals surface area contributed by atoms with E-state index < -0.39 is 22.0 Å². The van der Waals surface area contributed by atoms with E-state index in [1.165, 1.54) is 12.1 Å². The number of rotatable bonds is 6. The highest BCUT2D eigenvalue weighted by molar-refractivity contribution is 7.89. The monoisotopic (exact) mass is 404 g/mol. The number of hydrogen-bond donors (Lipinski definition) is 2. The average molecular weight is 404 g/mol. The quantitative estimate of drug-likeness (QED) is 0.570. The van der Waals surface area contributed by atoms with Gasteiger partial charge in [-0.2, -0.15) is 4.31 Å². The van der Waals surface area contributed by atoms with E-state index in [0.717, 1.165) is 21.0 Å². The SMILES string of the molecule is Cc1cc(C)cc(COc2ccc(S(=O)(=O)N3CCC[C@@H]3C(=O)NO)cc2)c1. The number of carbonyl (C=O) groups is 1. The van der Waals surface area contributed by atoms with Crippen molar-refractivity contribution in [1.82, 2.24) is 9.79 Å². The maximum Gasteiger partial charge on any atom is 0.261 e. The number of hydroxylamine groups is 1. The number of ether oxygens (including phenoxy) is 1. The molecule has 1 aliphatic rings. The molecule has 1 saturated heterocycles. The molecule has 7 nitrogen and oxygen atoms in total. The highest BCUT2D eigenvalue weighted by atomic mass is 32.2. The molecule has 8 heteroatoms. The molecule has 0 saturated carbocycles. The van der Waals surface area contributed by atoms with Crippen molar-refractivity contribution in [3.63, 3.8) is 0 Å². The lowest BCUT2D eigenvalue weighted by Crippen LogP contribution is -2.44. The molecule has 2 aromatic carbocycles. The summed E-state index contributed by atoms with van der Waals surface area (Å²) in [6, 6.07) is 11.4. The molecular formula is C20H24N2O5S. The lowest BCUT2D eigenvalue weighted by Gasteiger charge is -2.22. The van der Waals surface area contributed by atoms with E-state index in [9.17, 15) is 13.2 Å². The van der Waals surface area contributed by atoms with Gasteiger partial charge in [0.2, 0.25) is 10.0 Å². The van der Waals surface area contributed by atoms with Gasteiger partial charge in [-0.25, -0.2) is 13.9 Å². The van der Waals surface area contributed by atoms with Gasteiger partial charge in [0.25, 0.3) is 5.91 Å². The summed E-state index contributed by atoms with van der Waals surface area (Å²) < 4.78 is 32.6. The van der Waals surface area contributed by atoms with E-state index in [2.05, 4.69) is 6.07 Å². The highest BCUT2D eigenvalue weighted by Gasteiger charge is 2.39. The maximum absolute atomic E-state index is 12.9. The number of benzene rings is 2. The van der Waals surface area contributed by atoms with Gasteiger partial charge < -0.3 is 4.74 Å². The molecule has 1 heterocycles. The first-order valence-corrected chi connectivity index (χ1v) is 10.5. The summed E-state index contributed by atoms with van der Waals surface area (Å²) in [6.45, 7) is 4.68. The topological polar surface area (TPSA) is 95.9 Å². The summed E-state index contributed by atoms with van der Waals surface area (Å²) in [4.78, 5) is 11.8. The van der Waals surface area contributed by atoms with Crippen LogP contribution in [0, 0.1) is 13.8 Å². The third-order valence-electron chi connectivity index (χ3n) is 4.73. The van der Waals surface area contributed by atoms with Gasteiger partial charge in [0.05, 0.1) is 4.90 Å². The normalized spacial score (nSPS) is 17.5. The molecule has 1 amide bonds. The van der Waals surface area contributed by atoms with Gasteiger partial charge in [-0.15, -0.1) is 0 Å². The number of aryl methyl sites for hydroxylation is 2. The van der Waals surface area contributed by atoms with Crippen LogP contribution in [0.2, 0.25) is 0 Å². The molecule has 150 valence electrons. The lowest BCUT2D eigenvalue weighted by atomic mass is 10.1. The Labute approximate surface area is 164 Å². The molecule has 28 heavy (non-hydrogen) atoms. The van der Waals surface area contributed by atoms with Crippen LogP contribution < -0.4 is 10.2 Å². The van der Waals surface area contributed by atoms with Gasteiger partial charge in [0.1, 0.15) is 18.4 Å². The summed E-state index contributed by atoms with van der Waals surface area (Å²) in [5.74, 6) is -0.154. The summed E-state index contributed by atoms with van der Waals surface area (Å²) >= 11 is 0. The Bertz CT molecular complexity index is 937. The smallest absolute Gasteiger partial charge is 0.261 e. The van der Waals surface area contributed by atoms with Crippen LogP contribution in [-0.4, -0.2) is 36.4 Å². The fourth-order valence-electron chi connectivity index (χ4n) is 3.53. The van der Waals surface area contributed by atoms with E-state index in [0.29, 0.717) is 25.2 Å². The first kappa shape index (κ1) is 20.3.